The van der Waals surface area contributed by atoms with Gasteiger partial charge in [0.2, 0.25) is 11.8 Å². The van der Waals surface area contributed by atoms with Gasteiger partial charge in [-0.25, -0.2) is 0 Å². The fourth-order valence-corrected chi connectivity index (χ4v) is 11.1. The summed E-state index contributed by atoms with van der Waals surface area (Å²) in [5.41, 5.74) is 4.01. The Labute approximate surface area is 340 Å². The van der Waals surface area contributed by atoms with Crippen molar-refractivity contribution in [3.05, 3.63) is 96.3 Å². The molecule has 10 atom stereocenters. The van der Waals surface area contributed by atoms with Gasteiger partial charge in [-0.2, -0.15) is 0 Å². The number of aromatic nitrogens is 4. The maximum atomic E-state index is 7.30. The quantitative estimate of drug-likeness (QED) is 0.120. The first-order chi connectivity index (χ1) is 28.5. The molecule has 0 amide bonds. The number of hydrogen-bond donors (Lipinski definition) is 0. The fourth-order valence-electron chi connectivity index (χ4n) is 11.1. The third-order valence-electron chi connectivity index (χ3n) is 14.3. The third kappa shape index (κ3) is 6.58. The van der Waals surface area contributed by atoms with Crippen molar-refractivity contribution in [3.8, 4) is 23.3 Å². The lowest BCUT2D eigenvalue weighted by Gasteiger charge is -2.52. The lowest BCUT2D eigenvalue weighted by molar-refractivity contribution is -0.0505. The zero-order valence-electron chi connectivity index (χ0n) is 34.1. The predicted molar refractivity (Wildman–Crippen MR) is 227 cm³/mol. The Kier molecular flexibility index (Phi) is 10.0. The first kappa shape index (κ1) is 37.2. The lowest BCUT2D eigenvalue weighted by atomic mass is 9.72. The molecule has 0 saturated carbocycles. The van der Waals surface area contributed by atoms with Crippen LogP contribution in [0.2, 0.25) is 0 Å². The molecule has 12 rings (SSSR count). The third-order valence-corrected chi connectivity index (χ3v) is 14.3. The summed E-state index contributed by atoms with van der Waals surface area (Å²) in [6.07, 6.45) is 10.2. The number of methoxy groups -OCH3 is 2. The van der Waals surface area contributed by atoms with Crippen molar-refractivity contribution < 1.29 is 18.9 Å². The largest absolute Gasteiger partial charge is 0.497 e. The van der Waals surface area contributed by atoms with Gasteiger partial charge in [0.15, 0.2) is 0 Å². The second-order valence-corrected chi connectivity index (χ2v) is 17.0. The molecule has 6 aliphatic heterocycles. The zero-order chi connectivity index (χ0) is 39.3. The molecule has 0 radical (unpaired) electrons. The van der Waals surface area contributed by atoms with E-state index in [0.29, 0.717) is 35.4 Å². The Morgan fingerprint density at radius 1 is 0.603 bits per heavy atom. The maximum absolute atomic E-state index is 7.30. The van der Waals surface area contributed by atoms with E-state index in [1.807, 2.05) is 36.7 Å². The lowest BCUT2D eigenvalue weighted by Crippen LogP contribution is -2.56. The monoisotopic (exact) mass is 778 g/mol. The number of benzene rings is 3. The van der Waals surface area contributed by atoms with Crippen LogP contribution in [0.5, 0.6) is 23.3 Å². The summed E-state index contributed by atoms with van der Waals surface area (Å²) in [5.74, 6) is 5.39. The second kappa shape index (κ2) is 15.6. The van der Waals surface area contributed by atoms with Crippen LogP contribution in [0.3, 0.4) is 0 Å². The van der Waals surface area contributed by atoms with Gasteiger partial charge in [-0.15, -0.1) is 10.2 Å². The molecule has 6 saturated heterocycles. The van der Waals surface area contributed by atoms with Crippen LogP contribution >= 0.6 is 0 Å². The van der Waals surface area contributed by atoms with Crippen LogP contribution in [-0.4, -0.2) is 82.4 Å². The first-order valence-corrected chi connectivity index (χ1v) is 21.5. The minimum absolute atomic E-state index is 0.180. The summed E-state index contributed by atoms with van der Waals surface area (Å²) in [5, 5.41) is 13.7. The highest BCUT2D eigenvalue weighted by atomic mass is 16.5. The number of nitrogens with zero attached hydrogens (tertiary/aromatic N) is 6. The average molecular weight is 779 g/mol. The fraction of sp³-hybridized carbons (Fsp3) is 0.458. The van der Waals surface area contributed by atoms with Crippen molar-refractivity contribution in [3.63, 3.8) is 0 Å². The maximum Gasteiger partial charge on any atom is 0.242 e. The molecular formula is C48H54N6O4. The van der Waals surface area contributed by atoms with Crippen LogP contribution in [0, 0.1) is 23.7 Å². The van der Waals surface area contributed by atoms with Gasteiger partial charge in [-0.1, -0.05) is 38.8 Å². The second-order valence-electron chi connectivity index (χ2n) is 17.0. The molecule has 4 bridgehead atoms. The van der Waals surface area contributed by atoms with E-state index in [4.69, 9.17) is 39.1 Å². The highest BCUT2D eigenvalue weighted by Crippen LogP contribution is 2.47. The van der Waals surface area contributed by atoms with E-state index >= 15 is 0 Å². The SMILES string of the molecule is CC[C@@H]1CN2CCC1CC2[C@@H](Oc1nnc(O[C@@H](c2ccnc3ccc(OC)cc23)C2C[C@H]3CCN2C[C@H]3CC)c2ccccc12)c1ccnc2ccc(OC)cc12. The van der Waals surface area contributed by atoms with Gasteiger partial charge in [-0.05, 0) is 123 Å². The number of ether oxygens (including phenoxy) is 4. The summed E-state index contributed by atoms with van der Waals surface area (Å²) in [7, 11) is 3.42. The smallest absolute Gasteiger partial charge is 0.242 e. The standard InChI is InChI=1S/C48H54N6O4/c1-5-29-27-53-21-17-31(29)23-43(53)45(35-15-19-49-41-13-11-33(55-3)25-39(35)41)57-47-37-9-7-8-10-38(37)48(52-51-47)58-46(44-24-32-18-22-54(44)28-30(32)6-2)36-16-20-50-42-14-12-34(56-4)26-40(36)42/h7-16,19-20,25-26,29-32,43-46H,5-6,17-18,21-24,27-28H2,1-4H3/t29-,30-,31-,32?,43?,44?,45+,46+/m1/s1. The van der Waals surface area contributed by atoms with E-state index in [0.717, 1.165) is 94.2 Å². The highest BCUT2D eigenvalue weighted by molar-refractivity contribution is 5.91. The molecule has 0 N–H and O–H groups in total. The van der Waals surface area contributed by atoms with Gasteiger partial charge in [0.25, 0.3) is 0 Å². The summed E-state index contributed by atoms with van der Waals surface area (Å²) in [4.78, 5) is 14.8. The van der Waals surface area contributed by atoms with Crippen molar-refractivity contribution in [1.82, 2.24) is 30.0 Å². The van der Waals surface area contributed by atoms with E-state index in [2.05, 4.69) is 72.2 Å². The number of rotatable bonds is 12. The van der Waals surface area contributed by atoms with Gasteiger partial charge >= 0.3 is 0 Å². The summed E-state index contributed by atoms with van der Waals surface area (Å²) in [6, 6.07) is 25.1. The molecule has 6 aliphatic rings. The average Bonchev–Trinajstić information content (AvgIpc) is 3.29. The van der Waals surface area contributed by atoms with Crippen LogP contribution in [0.15, 0.2) is 85.2 Å². The van der Waals surface area contributed by atoms with E-state index in [-0.39, 0.29) is 24.3 Å². The summed E-state index contributed by atoms with van der Waals surface area (Å²) < 4.78 is 26.0. The van der Waals surface area contributed by atoms with Gasteiger partial charge in [0.1, 0.15) is 23.7 Å². The molecular weight excluding hydrogens is 725 g/mol. The van der Waals surface area contributed by atoms with E-state index in [1.54, 1.807) is 14.2 Å². The zero-order valence-corrected chi connectivity index (χ0v) is 34.1. The molecule has 300 valence electrons. The topological polar surface area (TPSA) is 95.0 Å². The van der Waals surface area contributed by atoms with E-state index in [9.17, 15) is 0 Å². The molecule has 58 heavy (non-hydrogen) atoms. The summed E-state index contributed by atoms with van der Waals surface area (Å²) >= 11 is 0. The molecule has 3 aromatic heterocycles. The molecule has 6 aromatic rings. The van der Waals surface area contributed by atoms with Crippen LogP contribution in [-0.2, 0) is 0 Å². The molecule has 10 nitrogen and oxygen atoms in total. The van der Waals surface area contributed by atoms with Gasteiger partial charge in [0.05, 0.1) is 48.1 Å². The molecule has 3 aromatic carbocycles. The minimum Gasteiger partial charge on any atom is -0.497 e. The van der Waals surface area contributed by atoms with Crippen molar-refractivity contribution in [1.29, 1.82) is 0 Å². The molecule has 6 fully saturated rings. The first-order valence-electron chi connectivity index (χ1n) is 21.5. The summed E-state index contributed by atoms with van der Waals surface area (Å²) in [6.45, 7) is 9.00. The Morgan fingerprint density at radius 2 is 1.07 bits per heavy atom. The number of fused-ring (bicyclic) bond motifs is 9. The van der Waals surface area contributed by atoms with Crippen molar-refractivity contribution in [2.45, 2.75) is 76.7 Å². The van der Waals surface area contributed by atoms with Crippen molar-refractivity contribution >= 4 is 32.6 Å². The van der Waals surface area contributed by atoms with Crippen molar-refractivity contribution in [2.75, 3.05) is 40.4 Å². The number of piperidine rings is 6. The Bertz CT molecular complexity index is 2280. The molecule has 10 heteroatoms. The number of pyridine rings is 2. The predicted octanol–water partition coefficient (Wildman–Crippen LogP) is 9.22. The van der Waals surface area contributed by atoms with Gasteiger partial charge in [-0.3, -0.25) is 19.8 Å². The number of hydrogen-bond acceptors (Lipinski definition) is 10. The molecule has 5 unspecified atom stereocenters. The van der Waals surface area contributed by atoms with Crippen LogP contribution < -0.4 is 18.9 Å². The molecule has 9 heterocycles. The van der Waals surface area contributed by atoms with Gasteiger partial charge in [0, 0.05) is 47.4 Å². The van der Waals surface area contributed by atoms with Crippen LogP contribution in [0.1, 0.15) is 75.7 Å². The minimum atomic E-state index is -0.300. The van der Waals surface area contributed by atoms with E-state index in [1.165, 1.54) is 25.7 Å². The molecule has 0 aliphatic carbocycles. The van der Waals surface area contributed by atoms with E-state index < -0.39 is 0 Å². The van der Waals surface area contributed by atoms with Crippen LogP contribution in [0.25, 0.3) is 32.6 Å². The Morgan fingerprint density at radius 3 is 1.47 bits per heavy atom. The molecule has 0 spiro atoms. The normalized spacial score (nSPS) is 27.4. The van der Waals surface area contributed by atoms with Gasteiger partial charge < -0.3 is 18.9 Å². The Balaban J connectivity index is 1.06. The van der Waals surface area contributed by atoms with Crippen LogP contribution in [0.4, 0.5) is 0 Å². The Hall–Kier alpha value is -5.06. The highest BCUT2D eigenvalue weighted by Gasteiger charge is 2.46. The van der Waals surface area contributed by atoms with Crippen molar-refractivity contribution in [2.24, 2.45) is 23.7 Å².